The fourth-order valence-corrected chi connectivity index (χ4v) is 8.45. The molecule has 0 aromatic carbocycles. The van der Waals surface area contributed by atoms with Gasteiger partial charge in [0.1, 0.15) is 12.4 Å². The Bertz CT molecular complexity index is 1010. The summed E-state index contributed by atoms with van der Waals surface area (Å²) < 4.78 is 20.0. The van der Waals surface area contributed by atoms with E-state index in [1.807, 2.05) is 6.08 Å². The van der Waals surface area contributed by atoms with Crippen molar-refractivity contribution in [3.8, 4) is 0 Å². The molecule has 0 saturated heterocycles. The van der Waals surface area contributed by atoms with Crippen LogP contribution in [0.5, 0.6) is 0 Å². The maximum absolute atomic E-state index is 12.1. The second-order valence-electron chi connectivity index (χ2n) is 16.6. The highest BCUT2D eigenvalue weighted by atomic mass is 28.4. The van der Waals surface area contributed by atoms with Crippen LogP contribution in [0.25, 0.3) is 0 Å². The van der Waals surface area contributed by atoms with E-state index in [9.17, 15) is 9.59 Å². The summed E-state index contributed by atoms with van der Waals surface area (Å²) in [5.41, 5.74) is 6.87. The number of nitrogens with two attached hydrogens (primary N) is 1. The molecule has 0 spiro atoms. The van der Waals surface area contributed by atoms with Crippen LogP contribution in [0.2, 0.25) is 36.3 Å². The Kier molecular flexibility index (Phi) is 17.6. The Morgan fingerprint density at radius 1 is 0.778 bits per heavy atom. The number of carbonyl (C=O) groups excluding carboxylic acids is 2. The molecular formula is C37H71NO5Si2. The molecule has 0 aliphatic rings. The summed E-state index contributed by atoms with van der Waals surface area (Å²) in [4.78, 5) is 23.2. The van der Waals surface area contributed by atoms with E-state index in [0.29, 0.717) is 0 Å². The molecule has 0 bridgehead atoms. The van der Waals surface area contributed by atoms with E-state index in [-0.39, 0.29) is 51.9 Å². The van der Waals surface area contributed by atoms with Crippen LogP contribution in [0.1, 0.15) is 103 Å². The number of aldehydes is 1. The lowest BCUT2D eigenvalue weighted by molar-refractivity contribution is -0.104. The van der Waals surface area contributed by atoms with E-state index in [4.69, 9.17) is 19.3 Å². The Labute approximate surface area is 280 Å². The second-order valence-corrected chi connectivity index (χ2v) is 26.1. The van der Waals surface area contributed by atoms with Crippen LogP contribution >= 0.6 is 0 Å². The molecule has 45 heavy (non-hydrogen) atoms. The highest BCUT2D eigenvalue weighted by Gasteiger charge is 2.44. The standard InChI is InChI=1S/C37H71NO5Si2/c1-18-19-21-28(4)33(41-35(38)40)31(7)34(43-45(16,17)37(11,12)13)30(6)25-26(2)24-29(5)32(27(3)22-20-23-39)42-44(14,15)36(8,9)10/h19-24,27-34H,18,25H2,1-17H3,(H2,38,40)/b21-19-,22-20-,26-24-/t27?,28?,29-,30-,31+,32-,33-,34+/m0/s1. The SMILES string of the molecule is CC/C=C\C(C)[C@H](OC(N)=O)[C@@H](C)[C@H](O[Si](C)(C)C(C)(C)C)[C@@H](C)C/C(C)=C\[C@H](C)[C@@H](O[Si](C)(C)C(C)(C)C)C(C)/C=C\C=O. The van der Waals surface area contributed by atoms with Crippen LogP contribution in [0, 0.1) is 29.6 Å². The molecule has 0 aromatic heterocycles. The predicted octanol–water partition coefficient (Wildman–Crippen LogP) is 10.5. The van der Waals surface area contributed by atoms with Crippen LogP contribution in [0.4, 0.5) is 4.79 Å². The number of hydrogen-bond donors (Lipinski definition) is 1. The fraction of sp³-hybridized carbons (Fsp3) is 0.784. The third kappa shape index (κ3) is 14.0. The molecule has 8 heteroatoms. The second kappa shape index (κ2) is 18.2. The molecule has 0 aliphatic carbocycles. The van der Waals surface area contributed by atoms with Crippen molar-refractivity contribution in [3.05, 3.63) is 36.0 Å². The van der Waals surface area contributed by atoms with Crippen molar-refractivity contribution in [3.63, 3.8) is 0 Å². The highest BCUT2D eigenvalue weighted by Crippen LogP contribution is 2.42. The molecule has 0 fully saturated rings. The van der Waals surface area contributed by atoms with E-state index in [1.165, 1.54) is 5.57 Å². The molecule has 0 heterocycles. The van der Waals surface area contributed by atoms with Gasteiger partial charge in [-0.25, -0.2) is 4.79 Å². The van der Waals surface area contributed by atoms with E-state index < -0.39 is 28.8 Å². The van der Waals surface area contributed by atoms with Crippen LogP contribution in [0.3, 0.4) is 0 Å². The van der Waals surface area contributed by atoms with Crippen molar-refractivity contribution in [2.24, 2.45) is 35.3 Å². The maximum atomic E-state index is 12.1. The van der Waals surface area contributed by atoms with E-state index in [2.05, 4.69) is 134 Å². The van der Waals surface area contributed by atoms with E-state index >= 15 is 0 Å². The number of allylic oxidation sites excluding steroid dienone is 3. The van der Waals surface area contributed by atoms with Crippen molar-refractivity contribution in [2.45, 2.75) is 157 Å². The van der Waals surface area contributed by atoms with Gasteiger partial charge in [-0.05, 0) is 79.9 Å². The van der Waals surface area contributed by atoms with Crippen LogP contribution < -0.4 is 5.73 Å². The maximum Gasteiger partial charge on any atom is 0.404 e. The first-order chi connectivity index (χ1) is 20.3. The van der Waals surface area contributed by atoms with Gasteiger partial charge in [-0.1, -0.05) is 113 Å². The van der Waals surface area contributed by atoms with Gasteiger partial charge in [0.2, 0.25) is 0 Å². The molecule has 2 unspecified atom stereocenters. The largest absolute Gasteiger partial charge is 0.445 e. The van der Waals surface area contributed by atoms with Gasteiger partial charge >= 0.3 is 6.09 Å². The zero-order chi connectivity index (χ0) is 35.6. The van der Waals surface area contributed by atoms with Gasteiger partial charge in [0, 0.05) is 11.8 Å². The number of carbonyl (C=O) groups is 2. The smallest absolute Gasteiger partial charge is 0.404 e. The molecule has 0 aliphatic heterocycles. The molecule has 6 nitrogen and oxygen atoms in total. The zero-order valence-corrected chi connectivity index (χ0v) is 34.1. The first kappa shape index (κ1) is 43.5. The van der Waals surface area contributed by atoms with Gasteiger partial charge in [0.05, 0.1) is 12.2 Å². The third-order valence-corrected chi connectivity index (χ3v) is 19.2. The van der Waals surface area contributed by atoms with Gasteiger partial charge in [-0.2, -0.15) is 0 Å². The minimum absolute atomic E-state index is 0.00372. The molecule has 8 atom stereocenters. The van der Waals surface area contributed by atoms with Crippen LogP contribution in [-0.4, -0.2) is 47.3 Å². The van der Waals surface area contributed by atoms with Crippen molar-refractivity contribution in [2.75, 3.05) is 0 Å². The molecule has 1 amide bonds. The normalized spacial score (nSPS) is 19.5. The van der Waals surface area contributed by atoms with E-state index in [0.717, 1.165) is 19.1 Å². The van der Waals surface area contributed by atoms with Crippen molar-refractivity contribution >= 4 is 29.0 Å². The molecule has 262 valence electrons. The highest BCUT2D eigenvalue weighted by molar-refractivity contribution is 6.74. The first-order valence-corrected chi connectivity index (χ1v) is 22.9. The average Bonchev–Trinajstić information content (AvgIpc) is 2.88. The molecule has 2 N–H and O–H groups in total. The Balaban J connectivity index is 6.59. The predicted molar refractivity (Wildman–Crippen MR) is 197 cm³/mol. The molecule has 0 saturated carbocycles. The minimum atomic E-state index is -2.17. The molecule has 0 radical (unpaired) electrons. The lowest BCUT2D eigenvalue weighted by atomic mass is 9.81. The Morgan fingerprint density at radius 2 is 1.24 bits per heavy atom. The number of ether oxygens (including phenoxy) is 1. The quantitative estimate of drug-likeness (QED) is 0.0681. The third-order valence-electron chi connectivity index (χ3n) is 10.2. The summed E-state index contributed by atoms with van der Waals surface area (Å²) in [7, 11) is -4.24. The number of primary amides is 1. The summed E-state index contributed by atoms with van der Waals surface area (Å²) in [6.07, 6.45) is 11.4. The van der Waals surface area contributed by atoms with Crippen LogP contribution in [-0.2, 0) is 18.4 Å². The summed E-state index contributed by atoms with van der Waals surface area (Å²) in [6.45, 7) is 37.8. The van der Waals surface area contributed by atoms with Gasteiger partial charge in [-0.15, -0.1) is 0 Å². The lowest BCUT2D eigenvalue weighted by Crippen LogP contribution is -2.50. The summed E-state index contributed by atoms with van der Waals surface area (Å²) in [6, 6.07) is 0. The summed E-state index contributed by atoms with van der Waals surface area (Å²) >= 11 is 0. The topological polar surface area (TPSA) is 87.8 Å². The van der Waals surface area contributed by atoms with E-state index in [1.54, 1.807) is 6.08 Å². The monoisotopic (exact) mass is 665 g/mol. The van der Waals surface area contributed by atoms with Crippen LogP contribution in [0.15, 0.2) is 36.0 Å². The first-order valence-electron chi connectivity index (χ1n) is 17.1. The lowest BCUT2D eigenvalue weighted by Gasteiger charge is -2.45. The summed E-state index contributed by atoms with van der Waals surface area (Å²) in [5, 5.41) is 0.0983. The minimum Gasteiger partial charge on any atom is -0.445 e. The number of amides is 1. The van der Waals surface area contributed by atoms with Crippen molar-refractivity contribution < 1.29 is 23.2 Å². The number of rotatable bonds is 18. The van der Waals surface area contributed by atoms with Gasteiger partial charge < -0.3 is 19.3 Å². The fourth-order valence-electron chi connectivity index (χ4n) is 5.51. The molecule has 0 rings (SSSR count). The molecular weight excluding hydrogens is 595 g/mol. The van der Waals surface area contributed by atoms with Gasteiger partial charge in [-0.3, -0.25) is 4.79 Å². The zero-order valence-electron chi connectivity index (χ0n) is 32.1. The Hall–Kier alpha value is -1.49. The summed E-state index contributed by atoms with van der Waals surface area (Å²) in [5.74, 6) is 0.299. The van der Waals surface area contributed by atoms with Crippen molar-refractivity contribution in [1.82, 2.24) is 0 Å². The van der Waals surface area contributed by atoms with Gasteiger partial charge in [0.15, 0.2) is 16.6 Å². The number of hydrogen-bond acceptors (Lipinski definition) is 5. The van der Waals surface area contributed by atoms with Gasteiger partial charge in [0.25, 0.3) is 0 Å². The Morgan fingerprint density at radius 3 is 1.67 bits per heavy atom. The molecule has 0 aromatic rings. The van der Waals surface area contributed by atoms with Crippen molar-refractivity contribution in [1.29, 1.82) is 0 Å². The average molecular weight is 666 g/mol.